The van der Waals surface area contributed by atoms with Crippen molar-refractivity contribution in [1.82, 2.24) is 5.32 Å². The van der Waals surface area contributed by atoms with Gasteiger partial charge in [-0.3, -0.25) is 0 Å². The summed E-state index contributed by atoms with van der Waals surface area (Å²) in [5, 5.41) is 3.70. The molecule has 116 valence electrons. The van der Waals surface area contributed by atoms with Crippen molar-refractivity contribution in [1.29, 1.82) is 0 Å². The average molecular weight is 289 g/mol. The van der Waals surface area contributed by atoms with Crippen molar-refractivity contribution in [2.45, 2.75) is 57.3 Å². The van der Waals surface area contributed by atoms with E-state index in [4.69, 9.17) is 9.47 Å². The molecular weight excluding hydrogens is 262 g/mol. The van der Waals surface area contributed by atoms with Gasteiger partial charge in [0.15, 0.2) is 6.29 Å². The maximum atomic E-state index is 5.66. The van der Waals surface area contributed by atoms with E-state index in [0.29, 0.717) is 6.04 Å². The standard InChI is InChI=1S/C18H27NO2/c1-2-10-19-17(13-18-20-11-12-21-18)16-9-4-3-8-15(16)14-6-5-7-14/h3-4,8-9,14,17-19H,2,5-7,10-13H2,1H3. The average Bonchev–Trinajstić information content (AvgIpc) is 2.95. The fraction of sp³-hybridized carbons (Fsp3) is 0.667. The molecule has 21 heavy (non-hydrogen) atoms. The van der Waals surface area contributed by atoms with Gasteiger partial charge in [-0.05, 0) is 42.9 Å². The highest BCUT2D eigenvalue weighted by atomic mass is 16.7. The van der Waals surface area contributed by atoms with Crippen LogP contribution in [0.4, 0.5) is 0 Å². The first-order chi connectivity index (χ1) is 10.4. The first-order valence-electron chi connectivity index (χ1n) is 8.44. The van der Waals surface area contributed by atoms with Crippen LogP contribution in [0.2, 0.25) is 0 Å². The summed E-state index contributed by atoms with van der Waals surface area (Å²) < 4.78 is 11.3. The van der Waals surface area contributed by atoms with Crippen LogP contribution in [0.1, 0.15) is 62.1 Å². The van der Waals surface area contributed by atoms with Crippen molar-refractivity contribution in [2.24, 2.45) is 0 Å². The number of nitrogens with one attached hydrogen (secondary N) is 1. The van der Waals surface area contributed by atoms with Gasteiger partial charge in [0.05, 0.1) is 13.2 Å². The number of rotatable bonds is 7. The molecule has 0 bridgehead atoms. The summed E-state index contributed by atoms with van der Waals surface area (Å²) >= 11 is 0. The Morgan fingerprint density at radius 2 is 1.95 bits per heavy atom. The molecule has 1 atom stereocenters. The molecule has 2 aliphatic rings. The molecule has 0 amide bonds. The van der Waals surface area contributed by atoms with E-state index in [-0.39, 0.29) is 6.29 Å². The predicted molar refractivity (Wildman–Crippen MR) is 84.4 cm³/mol. The lowest BCUT2D eigenvalue weighted by Crippen LogP contribution is -2.28. The first-order valence-corrected chi connectivity index (χ1v) is 8.44. The van der Waals surface area contributed by atoms with Gasteiger partial charge in [-0.15, -0.1) is 0 Å². The molecule has 3 heteroatoms. The second kappa shape index (κ2) is 7.39. The molecule has 0 spiro atoms. The van der Waals surface area contributed by atoms with Gasteiger partial charge in [0.1, 0.15) is 0 Å². The Labute approximate surface area is 128 Å². The summed E-state index contributed by atoms with van der Waals surface area (Å²) in [5.74, 6) is 0.762. The van der Waals surface area contributed by atoms with Crippen molar-refractivity contribution in [2.75, 3.05) is 19.8 Å². The largest absolute Gasteiger partial charge is 0.350 e. The van der Waals surface area contributed by atoms with Crippen molar-refractivity contribution in [3.05, 3.63) is 35.4 Å². The maximum Gasteiger partial charge on any atom is 0.159 e. The van der Waals surface area contributed by atoms with Gasteiger partial charge in [-0.2, -0.15) is 0 Å². The van der Waals surface area contributed by atoms with Gasteiger partial charge < -0.3 is 14.8 Å². The molecule has 1 aliphatic heterocycles. The van der Waals surface area contributed by atoms with Crippen molar-refractivity contribution >= 4 is 0 Å². The van der Waals surface area contributed by atoms with E-state index >= 15 is 0 Å². The Morgan fingerprint density at radius 3 is 2.62 bits per heavy atom. The van der Waals surface area contributed by atoms with Crippen LogP contribution >= 0.6 is 0 Å². The highest BCUT2D eigenvalue weighted by Crippen LogP contribution is 2.40. The van der Waals surface area contributed by atoms with Gasteiger partial charge in [0, 0.05) is 12.5 Å². The minimum Gasteiger partial charge on any atom is -0.350 e. The number of hydrogen-bond acceptors (Lipinski definition) is 3. The Kier molecular flexibility index (Phi) is 5.28. The highest BCUT2D eigenvalue weighted by molar-refractivity contribution is 5.34. The van der Waals surface area contributed by atoms with E-state index < -0.39 is 0 Å². The van der Waals surface area contributed by atoms with E-state index in [9.17, 15) is 0 Å². The number of benzene rings is 1. The van der Waals surface area contributed by atoms with Gasteiger partial charge >= 0.3 is 0 Å². The molecule has 1 heterocycles. The van der Waals surface area contributed by atoms with E-state index in [2.05, 4.69) is 36.5 Å². The molecule has 1 aromatic carbocycles. The molecule has 1 aromatic rings. The van der Waals surface area contributed by atoms with Crippen molar-refractivity contribution < 1.29 is 9.47 Å². The molecule has 1 aliphatic carbocycles. The summed E-state index contributed by atoms with van der Waals surface area (Å²) in [6.07, 6.45) is 6.06. The normalized spacial score (nSPS) is 21.4. The first kappa shape index (κ1) is 15.0. The van der Waals surface area contributed by atoms with Gasteiger partial charge in [0.25, 0.3) is 0 Å². The quantitative estimate of drug-likeness (QED) is 0.829. The Balaban J connectivity index is 1.77. The minimum absolute atomic E-state index is 0.0474. The molecule has 0 radical (unpaired) electrons. The van der Waals surface area contributed by atoms with Crippen LogP contribution in [0.5, 0.6) is 0 Å². The lowest BCUT2D eigenvalue weighted by atomic mass is 9.77. The zero-order valence-corrected chi connectivity index (χ0v) is 13.0. The Bertz CT molecular complexity index is 439. The molecule has 1 N–H and O–H groups in total. The summed E-state index contributed by atoms with van der Waals surface area (Å²) in [7, 11) is 0. The number of ether oxygens (including phenoxy) is 2. The number of hydrogen-bond donors (Lipinski definition) is 1. The third kappa shape index (κ3) is 3.65. The highest BCUT2D eigenvalue weighted by Gasteiger charge is 2.27. The van der Waals surface area contributed by atoms with Gasteiger partial charge in [-0.25, -0.2) is 0 Å². The lowest BCUT2D eigenvalue weighted by Gasteiger charge is -2.31. The fourth-order valence-corrected chi connectivity index (χ4v) is 3.29. The van der Waals surface area contributed by atoms with Gasteiger partial charge in [0.2, 0.25) is 0 Å². The Hall–Kier alpha value is -0.900. The molecule has 0 aromatic heterocycles. The van der Waals surface area contributed by atoms with Crippen LogP contribution in [0.15, 0.2) is 24.3 Å². The third-order valence-electron chi connectivity index (χ3n) is 4.68. The molecule has 1 saturated heterocycles. The molecule has 3 rings (SSSR count). The lowest BCUT2D eigenvalue weighted by molar-refractivity contribution is -0.0530. The summed E-state index contributed by atoms with van der Waals surface area (Å²) in [6.45, 7) is 4.71. The zero-order valence-electron chi connectivity index (χ0n) is 13.0. The topological polar surface area (TPSA) is 30.5 Å². The van der Waals surface area contributed by atoms with Crippen LogP contribution in [-0.2, 0) is 9.47 Å². The van der Waals surface area contributed by atoms with Gasteiger partial charge in [-0.1, -0.05) is 37.6 Å². The van der Waals surface area contributed by atoms with E-state index in [1.54, 1.807) is 0 Å². The summed E-state index contributed by atoms with van der Waals surface area (Å²) in [5.41, 5.74) is 2.99. The summed E-state index contributed by atoms with van der Waals surface area (Å²) in [6, 6.07) is 9.28. The van der Waals surface area contributed by atoms with Crippen LogP contribution < -0.4 is 5.32 Å². The molecule has 2 fully saturated rings. The van der Waals surface area contributed by atoms with Crippen molar-refractivity contribution in [3.8, 4) is 0 Å². The predicted octanol–water partition coefficient (Wildman–Crippen LogP) is 3.76. The monoisotopic (exact) mass is 289 g/mol. The van der Waals surface area contributed by atoms with Crippen LogP contribution in [-0.4, -0.2) is 26.0 Å². The van der Waals surface area contributed by atoms with E-state index in [1.165, 1.54) is 30.4 Å². The second-order valence-corrected chi connectivity index (χ2v) is 6.17. The van der Waals surface area contributed by atoms with Crippen LogP contribution in [0.25, 0.3) is 0 Å². The molecule has 3 nitrogen and oxygen atoms in total. The van der Waals surface area contributed by atoms with Crippen LogP contribution in [0.3, 0.4) is 0 Å². The maximum absolute atomic E-state index is 5.66. The fourth-order valence-electron chi connectivity index (χ4n) is 3.29. The van der Waals surface area contributed by atoms with E-state index in [1.807, 2.05) is 0 Å². The second-order valence-electron chi connectivity index (χ2n) is 6.17. The molecule has 1 unspecified atom stereocenters. The third-order valence-corrected chi connectivity index (χ3v) is 4.68. The smallest absolute Gasteiger partial charge is 0.159 e. The molecule has 1 saturated carbocycles. The van der Waals surface area contributed by atoms with E-state index in [0.717, 1.165) is 38.5 Å². The molecular formula is C18H27NO2. The zero-order chi connectivity index (χ0) is 14.5. The minimum atomic E-state index is -0.0474. The summed E-state index contributed by atoms with van der Waals surface area (Å²) in [4.78, 5) is 0. The van der Waals surface area contributed by atoms with Crippen LogP contribution in [0, 0.1) is 0 Å². The Morgan fingerprint density at radius 1 is 1.19 bits per heavy atom. The van der Waals surface area contributed by atoms with Crippen molar-refractivity contribution in [3.63, 3.8) is 0 Å². The SMILES string of the molecule is CCCNC(CC1OCCO1)c1ccccc1C1CCC1.